The molecule has 0 aromatic heterocycles. The van der Waals surface area contributed by atoms with Gasteiger partial charge in [-0.2, -0.15) is 0 Å². The molecule has 10 nitrogen and oxygen atoms in total. The predicted molar refractivity (Wildman–Crippen MR) is 157 cm³/mol. The Labute approximate surface area is 247 Å². The van der Waals surface area contributed by atoms with Crippen molar-refractivity contribution in [1.82, 2.24) is 0 Å². The Morgan fingerprint density at radius 1 is 0.786 bits per heavy atom. The minimum Gasteiger partial charge on any atom is -0.480 e. The average Bonchev–Trinajstić information content (AvgIpc) is 2.95. The molecule has 42 heavy (non-hydrogen) atoms. The summed E-state index contributed by atoms with van der Waals surface area (Å²) >= 11 is 0. The lowest BCUT2D eigenvalue weighted by atomic mass is 9.79. The maximum Gasteiger partial charge on any atom is 0.514 e. The van der Waals surface area contributed by atoms with Gasteiger partial charge in [0.2, 0.25) is 0 Å². The quantitative estimate of drug-likeness (QED) is 0.0924. The fourth-order valence-corrected chi connectivity index (χ4v) is 4.43. The second-order valence-electron chi connectivity index (χ2n) is 10.3. The predicted octanol–water partition coefficient (Wildman–Crippen LogP) is 6.39. The summed E-state index contributed by atoms with van der Waals surface area (Å²) in [5.74, 6) is -3.40. The Morgan fingerprint density at radius 2 is 1.36 bits per heavy atom. The molecular weight excluding hydrogens is 542 g/mol. The molecular formula is C32H43NO9. The van der Waals surface area contributed by atoms with Gasteiger partial charge in [0.05, 0.1) is 0 Å². The molecule has 0 fully saturated rings. The van der Waals surface area contributed by atoms with E-state index >= 15 is 0 Å². The summed E-state index contributed by atoms with van der Waals surface area (Å²) in [6, 6.07) is 11.5. The van der Waals surface area contributed by atoms with Crippen molar-refractivity contribution in [2.24, 2.45) is 11.7 Å². The van der Waals surface area contributed by atoms with Crippen molar-refractivity contribution in [2.75, 3.05) is 0 Å². The highest BCUT2D eigenvalue weighted by atomic mass is 16.7. The van der Waals surface area contributed by atoms with E-state index in [2.05, 4.69) is 0 Å². The molecule has 3 N–H and O–H groups in total. The fraction of sp³-hybridized carbons (Fsp3) is 0.500. The summed E-state index contributed by atoms with van der Waals surface area (Å²) in [6.07, 6.45) is 3.51. The van der Waals surface area contributed by atoms with Crippen molar-refractivity contribution >= 4 is 24.1 Å². The number of esters is 2. The van der Waals surface area contributed by atoms with Crippen LogP contribution >= 0.6 is 0 Å². The van der Waals surface area contributed by atoms with Crippen molar-refractivity contribution < 1.29 is 43.2 Å². The molecule has 0 radical (unpaired) electrons. The summed E-state index contributed by atoms with van der Waals surface area (Å²) in [6.45, 7) is 7.35. The largest absolute Gasteiger partial charge is 0.514 e. The van der Waals surface area contributed by atoms with Gasteiger partial charge < -0.3 is 29.8 Å². The molecule has 4 atom stereocenters. The summed E-state index contributed by atoms with van der Waals surface area (Å²) in [5, 5.41) is 9.82. The second-order valence-corrected chi connectivity index (χ2v) is 10.3. The van der Waals surface area contributed by atoms with Crippen LogP contribution in [0.3, 0.4) is 0 Å². The average molecular weight is 586 g/mol. The molecule has 0 saturated carbocycles. The molecule has 0 amide bonds. The fourth-order valence-electron chi connectivity index (χ4n) is 4.43. The molecule has 0 heterocycles. The Balaban J connectivity index is 2.35. The van der Waals surface area contributed by atoms with Gasteiger partial charge in [0.15, 0.2) is 11.5 Å². The first-order chi connectivity index (χ1) is 20.1. The molecule has 2 rings (SSSR count). The minimum absolute atomic E-state index is 0.00955. The smallest absolute Gasteiger partial charge is 0.480 e. The SMILES string of the molecule is CCCCCC(=O)Oc1ccc(C(C(C)C(C)OC(=O)Oc2ccccc2)[C@H](N)C(=O)O)cc1OC(=O)CCCCC. The normalized spacial score (nSPS) is 13.7. The molecule has 2 aromatic rings. The van der Waals surface area contributed by atoms with Gasteiger partial charge in [0.1, 0.15) is 17.9 Å². The number of carbonyl (C=O) groups excluding carboxylic acids is 3. The zero-order valence-corrected chi connectivity index (χ0v) is 24.9. The molecule has 2 aromatic carbocycles. The number of hydrogen-bond acceptors (Lipinski definition) is 9. The van der Waals surface area contributed by atoms with E-state index in [-0.39, 0.29) is 24.3 Å². The van der Waals surface area contributed by atoms with Crippen LogP contribution in [0.15, 0.2) is 48.5 Å². The van der Waals surface area contributed by atoms with Gasteiger partial charge in [0, 0.05) is 24.7 Å². The van der Waals surface area contributed by atoms with E-state index in [0.29, 0.717) is 24.2 Å². The van der Waals surface area contributed by atoms with Crippen LogP contribution < -0.4 is 19.9 Å². The third-order valence-electron chi connectivity index (χ3n) is 6.97. The van der Waals surface area contributed by atoms with Crippen LogP contribution in [-0.4, -0.2) is 41.3 Å². The van der Waals surface area contributed by atoms with Crippen LogP contribution in [0.1, 0.15) is 90.5 Å². The Kier molecular flexibility index (Phi) is 14.5. The van der Waals surface area contributed by atoms with E-state index < -0.39 is 48.0 Å². The monoisotopic (exact) mass is 585 g/mol. The molecule has 0 bridgehead atoms. The van der Waals surface area contributed by atoms with E-state index in [1.165, 1.54) is 12.1 Å². The highest BCUT2D eigenvalue weighted by molar-refractivity contribution is 5.77. The maximum atomic E-state index is 12.6. The van der Waals surface area contributed by atoms with E-state index in [1.54, 1.807) is 50.2 Å². The first-order valence-corrected chi connectivity index (χ1v) is 14.5. The lowest BCUT2D eigenvalue weighted by molar-refractivity contribution is -0.140. The number of benzene rings is 2. The van der Waals surface area contributed by atoms with Gasteiger partial charge >= 0.3 is 24.1 Å². The van der Waals surface area contributed by atoms with Crippen LogP contribution in [0.2, 0.25) is 0 Å². The first-order valence-electron chi connectivity index (χ1n) is 14.5. The van der Waals surface area contributed by atoms with E-state index in [1.807, 2.05) is 13.8 Å². The van der Waals surface area contributed by atoms with Gasteiger partial charge in [-0.05, 0) is 49.6 Å². The van der Waals surface area contributed by atoms with Gasteiger partial charge in [-0.3, -0.25) is 14.4 Å². The summed E-state index contributed by atoms with van der Waals surface area (Å²) in [4.78, 5) is 49.5. The minimum atomic E-state index is -1.40. The summed E-state index contributed by atoms with van der Waals surface area (Å²) in [7, 11) is 0. The van der Waals surface area contributed by atoms with E-state index in [0.717, 1.165) is 25.7 Å². The molecule has 3 unspecified atom stereocenters. The Hall–Kier alpha value is -3.92. The molecule has 0 aliphatic carbocycles. The van der Waals surface area contributed by atoms with Gasteiger partial charge in [-0.1, -0.05) is 70.7 Å². The van der Waals surface area contributed by atoms with Gasteiger partial charge in [-0.25, -0.2) is 4.79 Å². The van der Waals surface area contributed by atoms with Gasteiger partial charge in [-0.15, -0.1) is 0 Å². The maximum absolute atomic E-state index is 12.6. The van der Waals surface area contributed by atoms with Crippen molar-refractivity contribution in [3.05, 3.63) is 54.1 Å². The number of carboxylic acids is 1. The van der Waals surface area contributed by atoms with E-state index in [4.69, 9.17) is 24.7 Å². The third kappa shape index (κ3) is 11.2. The van der Waals surface area contributed by atoms with Gasteiger partial charge in [0.25, 0.3) is 0 Å². The number of carboxylic acid groups (broad SMARTS) is 1. The number of hydrogen-bond donors (Lipinski definition) is 2. The van der Waals surface area contributed by atoms with E-state index in [9.17, 15) is 24.3 Å². The van der Waals surface area contributed by atoms with Crippen molar-refractivity contribution in [3.63, 3.8) is 0 Å². The highest BCUT2D eigenvalue weighted by Crippen LogP contribution is 2.37. The Bertz CT molecular complexity index is 1170. The number of aliphatic carboxylic acids is 1. The number of para-hydroxylation sites is 1. The summed E-state index contributed by atoms with van der Waals surface area (Å²) in [5.41, 5.74) is 6.55. The zero-order chi connectivity index (χ0) is 31.1. The molecule has 230 valence electrons. The van der Waals surface area contributed by atoms with Crippen LogP contribution in [0.25, 0.3) is 0 Å². The second kappa shape index (κ2) is 17.8. The Morgan fingerprint density at radius 3 is 1.90 bits per heavy atom. The third-order valence-corrected chi connectivity index (χ3v) is 6.97. The molecule has 0 aliphatic rings. The standard InChI is InChI=1S/C32H43NO9/c1-5-7-10-16-27(34)41-25-19-18-23(20-26(25)42-28(35)17-11-8-6-2)29(30(33)31(36)37)21(3)22(4)39-32(38)40-24-14-12-9-13-15-24/h9,12-15,18-22,29-30H,5-8,10-11,16-17,33H2,1-4H3,(H,36,37)/t21?,22?,29?,30-/m0/s1. The molecule has 0 spiro atoms. The number of ether oxygens (including phenoxy) is 4. The number of carbonyl (C=O) groups is 4. The topological polar surface area (TPSA) is 151 Å². The number of nitrogens with two attached hydrogens (primary N) is 1. The highest BCUT2D eigenvalue weighted by Gasteiger charge is 2.36. The van der Waals surface area contributed by atoms with Crippen LogP contribution in [0, 0.1) is 5.92 Å². The number of unbranched alkanes of at least 4 members (excludes halogenated alkanes) is 4. The zero-order valence-electron chi connectivity index (χ0n) is 24.9. The molecule has 0 saturated heterocycles. The lowest BCUT2D eigenvalue weighted by Crippen LogP contribution is -2.43. The first kappa shape index (κ1) is 34.3. The van der Waals surface area contributed by atoms with Crippen molar-refractivity contribution in [2.45, 2.75) is 97.1 Å². The molecule has 0 aliphatic heterocycles. The van der Waals surface area contributed by atoms with Crippen molar-refractivity contribution in [3.8, 4) is 17.2 Å². The lowest BCUT2D eigenvalue weighted by Gasteiger charge is -2.31. The van der Waals surface area contributed by atoms with Crippen LogP contribution in [-0.2, 0) is 19.1 Å². The van der Waals surface area contributed by atoms with Crippen molar-refractivity contribution in [1.29, 1.82) is 0 Å². The van der Waals surface area contributed by atoms with Crippen LogP contribution in [0.4, 0.5) is 4.79 Å². The van der Waals surface area contributed by atoms with Crippen LogP contribution in [0.5, 0.6) is 17.2 Å². The summed E-state index contributed by atoms with van der Waals surface area (Å²) < 4.78 is 21.8. The molecule has 10 heteroatoms. The number of rotatable bonds is 17.